The van der Waals surface area contributed by atoms with Gasteiger partial charge in [-0.25, -0.2) is 4.39 Å². The van der Waals surface area contributed by atoms with Gasteiger partial charge in [0.15, 0.2) is 0 Å². The van der Waals surface area contributed by atoms with Crippen LogP contribution >= 0.6 is 24.0 Å². The van der Waals surface area contributed by atoms with Gasteiger partial charge in [0.05, 0.1) is 11.1 Å². The first-order chi connectivity index (χ1) is 10.8. The number of nitrogens with two attached hydrogens (primary N) is 1. The van der Waals surface area contributed by atoms with Gasteiger partial charge in [-0.05, 0) is 30.5 Å². The first-order valence-electron chi connectivity index (χ1n) is 7.67. The fraction of sp³-hybridized carbons (Fsp3) is 0.500. The summed E-state index contributed by atoms with van der Waals surface area (Å²) in [4.78, 5) is 26.0. The van der Waals surface area contributed by atoms with Crippen molar-refractivity contribution in [1.29, 1.82) is 0 Å². The normalized spacial score (nSPS) is 19.6. The fourth-order valence-electron chi connectivity index (χ4n) is 2.50. The second-order valence-electron chi connectivity index (χ2n) is 5.85. The molecule has 3 atom stereocenters. The standard InChI is InChI=1S/C16H21ClFN3O2.ClH/c1-3-9(2)14(19)15(22)20-13-6-7-21(16(13)23)10-4-5-11(17)12(18)8-10;/h4-5,8-9,13-14H,3,6-7,19H2,1-2H3,(H,20,22);1H. The molecule has 0 bridgehead atoms. The summed E-state index contributed by atoms with van der Waals surface area (Å²) in [7, 11) is 0. The number of nitrogens with one attached hydrogen (secondary N) is 1. The van der Waals surface area contributed by atoms with Crippen molar-refractivity contribution in [1.82, 2.24) is 5.32 Å². The maximum absolute atomic E-state index is 13.5. The highest BCUT2D eigenvalue weighted by atomic mass is 35.5. The molecule has 8 heteroatoms. The minimum absolute atomic E-state index is 0. The Morgan fingerprint density at radius 1 is 1.54 bits per heavy atom. The van der Waals surface area contributed by atoms with E-state index in [2.05, 4.69) is 5.32 Å². The predicted octanol–water partition coefficient (Wildman–Crippen LogP) is 2.50. The molecule has 1 heterocycles. The predicted molar refractivity (Wildman–Crippen MR) is 95.0 cm³/mol. The zero-order valence-corrected chi connectivity index (χ0v) is 15.2. The molecule has 1 aromatic carbocycles. The third-order valence-corrected chi connectivity index (χ3v) is 4.60. The van der Waals surface area contributed by atoms with Crippen LogP contribution < -0.4 is 16.0 Å². The largest absolute Gasteiger partial charge is 0.343 e. The van der Waals surface area contributed by atoms with E-state index in [1.165, 1.54) is 17.0 Å². The van der Waals surface area contributed by atoms with E-state index in [-0.39, 0.29) is 35.2 Å². The van der Waals surface area contributed by atoms with Crippen LogP contribution in [0.25, 0.3) is 0 Å². The van der Waals surface area contributed by atoms with E-state index in [1.54, 1.807) is 6.07 Å². The second-order valence-corrected chi connectivity index (χ2v) is 6.26. The Labute approximate surface area is 152 Å². The molecule has 0 aliphatic carbocycles. The van der Waals surface area contributed by atoms with Gasteiger partial charge in [0.2, 0.25) is 11.8 Å². The Kier molecular flexibility index (Phi) is 7.45. The number of carbonyl (C=O) groups excluding carboxylic acids is 2. The summed E-state index contributed by atoms with van der Waals surface area (Å²) in [6.07, 6.45) is 1.24. The van der Waals surface area contributed by atoms with Gasteiger partial charge in [0, 0.05) is 12.2 Å². The van der Waals surface area contributed by atoms with Crippen molar-refractivity contribution in [2.45, 2.75) is 38.8 Å². The Bertz CT molecular complexity index is 615. The van der Waals surface area contributed by atoms with Crippen molar-refractivity contribution in [3.63, 3.8) is 0 Å². The molecule has 0 saturated carbocycles. The third-order valence-electron chi connectivity index (χ3n) is 4.30. The highest BCUT2D eigenvalue weighted by Crippen LogP contribution is 2.25. The fourth-order valence-corrected chi connectivity index (χ4v) is 2.62. The first kappa shape index (κ1) is 20.7. The Hall–Kier alpha value is -1.37. The summed E-state index contributed by atoms with van der Waals surface area (Å²) < 4.78 is 13.5. The lowest BCUT2D eigenvalue weighted by Crippen LogP contribution is -2.50. The van der Waals surface area contributed by atoms with Crippen molar-refractivity contribution in [2.24, 2.45) is 11.7 Å². The van der Waals surface area contributed by atoms with Crippen LogP contribution in [-0.2, 0) is 9.59 Å². The topological polar surface area (TPSA) is 75.4 Å². The van der Waals surface area contributed by atoms with Gasteiger partial charge < -0.3 is 16.0 Å². The SMILES string of the molecule is CCC(C)C(N)C(=O)NC1CCN(c2ccc(Cl)c(F)c2)C1=O.Cl. The van der Waals surface area contributed by atoms with Gasteiger partial charge in [-0.15, -0.1) is 12.4 Å². The van der Waals surface area contributed by atoms with Crippen LogP contribution in [0.2, 0.25) is 5.02 Å². The molecule has 2 amide bonds. The van der Waals surface area contributed by atoms with Gasteiger partial charge in [-0.3, -0.25) is 9.59 Å². The smallest absolute Gasteiger partial charge is 0.249 e. The summed E-state index contributed by atoms with van der Waals surface area (Å²) in [5.41, 5.74) is 6.31. The van der Waals surface area contributed by atoms with Crippen molar-refractivity contribution in [3.8, 4) is 0 Å². The van der Waals surface area contributed by atoms with Crippen LogP contribution in [0, 0.1) is 11.7 Å². The van der Waals surface area contributed by atoms with Crippen molar-refractivity contribution >= 4 is 41.5 Å². The first-order valence-corrected chi connectivity index (χ1v) is 8.05. The van der Waals surface area contributed by atoms with E-state index in [9.17, 15) is 14.0 Å². The summed E-state index contributed by atoms with van der Waals surface area (Å²) in [6, 6.07) is 2.93. The lowest BCUT2D eigenvalue weighted by atomic mass is 9.99. The summed E-state index contributed by atoms with van der Waals surface area (Å²) in [5.74, 6) is -1.14. The molecular weight excluding hydrogens is 356 g/mol. The van der Waals surface area contributed by atoms with E-state index in [4.69, 9.17) is 17.3 Å². The van der Waals surface area contributed by atoms with Gasteiger partial charge in [0.25, 0.3) is 0 Å². The molecule has 1 aliphatic rings. The van der Waals surface area contributed by atoms with Crippen LogP contribution in [0.4, 0.5) is 10.1 Å². The molecule has 134 valence electrons. The van der Waals surface area contributed by atoms with Crippen LogP contribution in [-0.4, -0.2) is 30.4 Å². The lowest BCUT2D eigenvalue weighted by Gasteiger charge is -2.21. The number of anilines is 1. The zero-order chi connectivity index (χ0) is 17.1. The Morgan fingerprint density at radius 2 is 2.21 bits per heavy atom. The summed E-state index contributed by atoms with van der Waals surface area (Å²) >= 11 is 5.65. The number of rotatable bonds is 5. The van der Waals surface area contributed by atoms with Crippen LogP contribution in [0.15, 0.2) is 18.2 Å². The van der Waals surface area contributed by atoms with E-state index < -0.39 is 17.9 Å². The molecule has 0 spiro atoms. The summed E-state index contributed by atoms with van der Waals surface area (Å²) in [6.45, 7) is 4.25. The van der Waals surface area contributed by atoms with Gasteiger partial charge >= 0.3 is 0 Å². The molecule has 0 aromatic heterocycles. The van der Waals surface area contributed by atoms with Crippen molar-refractivity contribution < 1.29 is 14.0 Å². The number of hydrogen-bond acceptors (Lipinski definition) is 3. The number of hydrogen-bond donors (Lipinski definition) is 2. The van der Waals surface area contributed by atoms with E-state index >= 15 is 0 Å². The molecule has 2 rings (SSSR count). The van der Waals surface area contributed by atoms with Crippen molar-refractivity contribution in [2.75, 3.05) is 11.4 Å². The number of amides is 2. The lowest BCUT2D eigenvalue weighted by molar-refractivity contribution is -0.128. The van der Waals surface area contributed by atoms with Crippen molar-refractivity contribution in [3.05, 3.63) is 29.0 Å². The molecule has 1 aliphatic heterocycles. The zero-order valence-electron chi connectivity index (χ0n) is 13.6. The Morgan fingerprint density at radius 3 is 2.79 bits per heavy atom. The van der Waals surface area contributed by atoms with E-state index in [1.807, 2.05) is 13.8 Å². The maximum Gasteiger partial charge on any atom is 0.249 e. The van der Waals surface area contributed by atoms with Gasteiger partial charge in [0.1, 0.15) is 11.9 Å². The van der Waals surface area contributed by atoms with Gasteiger partial charge in [-0.2, -0.15) is 0 Å². The quantitative estimate of drug-likeness (QED) is 0.827. The third kappa shape index (κ3) is 4.37. The molecule has 1 fully saturated rings. The van der Waals surface area contributed by atoms with E-state index in [0.717, 1.165) is 6.42 Å². The number of halogens is 3. The molecule has 1 saturated heterocycles. The molecule has 3 unspecified atom stereocenters. The molecule has 1 aromatic rings. The molecule has 24 heavy (non-hydrogen) atoms. The highest BCUT2D eigenvalue weighted by molar-refractivity contribution is 6.30. The maximum atomic E-state index is 13.5. The number of benzene rings is 1. The average molecular weight is 378 g/mol. The highest BCUT2D eigenvalue weighted by Gasteiger charge is 2.35. The van der Waals surface area contributed by atoms with E-state index in [0.29, 0.717) is 18.7 Å². The minimum atomic E-state index is -0.644. The second kappa shape index (κ2) is 8.65. The average Bonchev–Trinajstić information content (AvgIpc) is 2.89. The van der Waals surface area contributed by atoms with Gasteiger partial charge in [-0.1, -0.05) is 31.9 Å². The minimum Gasteiger partial charge on any atom is -0.343 e. The number of carbonyl (C=O) groups is 2. The molecule has 0 radical (unpaired) electrons. The monoisotopic (exact) mass is 377 g/mol. The van der Waals surface area contributed by atoms with Crippen LogP contribution in [0.1, 0.15) is 26.7 Å². The van der Waals surface area contributed by atoms with Crippen LogP contribution in [0.3, 0.4) is 0 Å². The summed E-state index contributed by atoms with van der Waals surface area (Å²) in [5, 5.41) is 2.70. The molecule has 3 N–H and O–H groups in total. The molecule has 5 nitrogen and oxygen atoms in total. The van der Waals surface area contributed by atoms with Crippen LogP contribution in [0.5, 0.6) is 0 Å². The molecular formula is C16H22Cl2FN3O2. The Balaban J connectivity index is 0.00000288. The number of nitrogens with zero attached hydrogens (tertiary/aromatic N) is 1.